The van der Waals surface area contributed by atoms with Gasteiger partial charge in [-0.1, -0.05) is 5.11 Å². The summed E-state index contributed by atoms with van der Waals surface area (Å²) in [5, 5.41) is 6.92. The molecule has 7 heteroatoms. The fourth-order valence-electron chi connectivity index (χ4n) is 2.84. The minimum Gasteiger partial charge on any atom is -0.474 e. The summed E-state index contributed by atoms with van der Waals surface area (Å²) in [4.78, 5) is 7.16. The van der Waals surface area contributed by atoms with Crippen molar-refractivity contribution in [3.05, 3.63) is 47.2 Å². The van der Waals surface area contributed by atoms with Gasteiger partial charge in [-0.3, -0.25) is 0 Å². The number of ether oxygens (including phenoxy) is 1. The highest BCUT2D eigenvalue weighted by Gasteiger charge is 2.27. The molecule has 1 aromatic rings. The number of hydrogen-bond donors (Lipinski definition) is 1. The highest BCUT2D eigenvalue weighted by atomic mass is 16.5. The third-order valence-electron chi connectivity index (χ3n) is 3.98. The van der Waals surface area contributed by atoms with E-state index in [1.807, 2.05) is 4.90 Å². The van der Waals surface area contributed by atoms with E-state index < -0.39 is 0 Å². The Balaban J connectivity index is 1.67. The first-order valence-corrected chi connectivity index (χ1v) is 7.47. The van der Waals surface area contributed by atoms with Crippen molar-refractivity contribution in [3.8, 4) is 0 Å². The Kier molecular flexibility index (Phi) is 4.37. The first kappa shape index (κ1) is 14.6. The number of hydrogen-bond acceptors (Lipinski definition) is 5. The van der Waals surface area contributed by atoms with E-state index in [1.165, 1.54) is 5.69 Å². The maximum absolute atomic E-state index is 8.39. The van der Waals surface area contributed by atoms with E-state index in [-0.39, 0.29) is 6.10 Å². The zero-order valence-corrected chi connectivity index (χ0v) is 12.5. The Bertz CT molecular complexity index is 574. The third-order valence-corrected chi connectivity index (χ3v) is 3.98. The largest absolute Gasteiger partial charge is 0.474 e. The van der Waals surface area contributed by atoms with Crippen LogP contribution in [0.1, 0.15) is 0 Å². The quantitative estimate of drug-likeness (QED) is 0.525. The van der Waals surface area contributed by atoms with Gasteiger partial charge in [-0.15, -0.1) is 0 Å². The lowest BCUT2D eigenvalue weighted by atomic mass is 10.2. The van der Waals surface area contributed by atoms with Gasteiger partial charge in [-0.2, -0.15) is 0 Å². The lowest BCUT2D eigenvalue weighted by molar-refractivity contribution is 0.176. The number of piperazine rings is 1. The summed E-state index contributed by atoms with van der Waals surface area (Å²) < 4.78 is 5.62. The maximum Gasteiger partial charge on any atom is 0.186 e. The average Bonchev–Trinajstić information content (AvgIpc) is 2.95. The third kappa shape index (κ3) is 3.10. The zero-order valence-electron chi connectivity index (χ0n) is 12.5. The molecule has 2 fully saturated rings. The van der Waals surface area contributed by atoms with E-state index in [0.717, 1.165) is 31.9 Å². The molecule has 1 N–H and O–H groups in total. The molecule has 0 saturated carbocycles. The molecule has 0 aliphatic carbocycles. The monoisotopic (exact) mass is 300 g/mol. The summed E-state index contributed by atoms with van der Waals surface area (Å²) >= 11 is 0. The zero-order chi connectivity index (χ0) is 15.4. The number of azide groups is 1. The molecular formula is C15H20N6O. The summed E-state index contributed by atoms with van der Waals surface area (Å²) in [5.74, 6) is 0.605. The lowest BCUT2D eigenvalue weighted by Gasteiger charge is -2.29. The molecule has 116 valence electrons. The first-order valence-electron chi connectivity index (χ1n) is 7.47. The van der Waals surface area contributed by atoms with Crippen LogP contribution in [0.3, 0.4) is 0 Å². The summed E-state index contributed by atoms with van der Waals surface area (Å²) in [5.41, 5.74) is 10.7. The second kappa shape index (κ2) is 6.60. The molecule has 3 rings (SSSR count). The average molecular weight is 300 g/mol. The molecule has 0 radical (unpaired) electrons. The predicted octanol–water partition coefficient (Wildman–Crippen LogP) is 2.08. The molecule has 7 nitrogen and oxygen atoms in total. The van der Waals surface area contributed by atoms with Gasteiger partial charge in [0.1, 0.15) is 6.10 Å². The van der Waals surface area contributed by atoms with Crippen LogP contribution in [0.15, 0.2) is 41.8 Å². The Morgan fingerprint density at radius 1 is 1.27 bits per heavy atom. The van der Waals surface area contributed by atoms with Crippen molar-refractivity contribution in [1.29, 1.82) is 0 Å². The van der Waals surface area contributed by atoms with Gasteiger partial charge in [-0.25, -0.2) is 0 Å². The summed E-state index contributed by atoms with van der Waals surface area (Å²) in [6.45, 7) is 9.04. The highest BCUT2D eigenvalue weighted by Crippen LogP contribution is 2.28. The van der Waals surface area contributed by atoms with Gasteiger partial charge in [0.05, 0.1) is 13.1 Å². The van der Waals surface area contributed by atoms with Gasteiger partial charge in [-0.05, 0) is 36.4 Å². The van der Waals surface area contributed by atoms with Crippen LogP contribution in [-0.4, -0.2) is 45.4 Å². The molecule has 0 unspecified atom stereocenters. The van der Waals surface area contributed by atoms with Crippen LogP contribution in [-0.2, 0) is 4.74 Å². The molecule has 1 atom stereocenters. The van der Waals surface area contributed by atoms with Gasteiger partial charge < -0.3 is 19.9 Å². The van der Waals surface area contributed by atoms with E-state index in [2.05, 4.69) is 51.1 Å². The van der Waals surface area contributed by atoms with Gasteiger partial charge >= 0.3 is 0 Å². The topological polar surface area (TPSA) is 76.5 Å². The number of rotatable bonds is 4. The van der Waals surface area contributed by atoms with Gasteiger partial charge in [0.2, 0.25) is 0 Å². The second-order valence-corrected chi connectivity index (χ2v) is 5.41. The molecule has 2 aliphatic heterocycles. The van der Waals surface area contributed by atoms with Crippen molar-refractivity contribution in [2.75, 3.05) is 49.1 Å². The van der Waals surface area contributed by atoms with Crippen molar-refractivity contribution in [1.82, 2.24) is 5.32 Å². The predicted molar refractivity (Wildman–Crippen MR) is 86.9 cm³/mol. The Labute approximate surface area is 129 Å². The minimum absolute atomic E-state index is 0.128. The van der Waals surface area contributed by atoms with Crippen molar-refractivity contribution in [2.45, 2.75) is 6.10 Å². The molecule has 0 aromatic heterocycles. The van der Waals surface area contributed by atoms with Crippen LogP contribution in [0, 0.1) is 0 Å². The van der Waals surface area contributed by atoms with E-state index in [1.54, 1.807) is 0 Å². The summed E-state index contributed by atoms with van der Waals surface area (Å²) in [6, 6.07) is 8.44. The number of nitrogens with zero attached hydrogens (tertiary/aromatic N) is 5. The molecule has 1 aromatic carbocycles. The standard InChI is InChI=1S/C15H20N6O/c1-12-21(11-15(22-12)10-18-19-16)14-4-2-13(3-5-14)20-8-6-17-7-9-20/h2-5,15,17H,1,6-11H2/t15-/m0/s1. The Morgan fingerprint density at radius 3 is 2.64 bits per heavy atom. The van der Waals surface area contributed by atoms with Gasteiger partial charge in [0.25, 0.3) is 0 Å². The second-order valence-electron chi connectivity index (χ2n) is 5.41. The van der Waals surface area contributed by atoms with Crippen LogP contribution >= 0.6 is 0 Å². The fraction of sp³-hybridized carbons (Fsp3) is 0.467. The van der Waals surface area contributed by atoms with E-state index >= 15 is 0 Å². The molecule has 2 aliphatic rings. The van der Waals surface area contributed by atoms with Crippen LogP contribution < -0.4 is 15.1 Å². The van der Waals surface area contributed by atoms with Gasteiger partial charge in [0, 0.05) is 42.5 Å². The van der Waals surface area contributed by atoms with Crippen LogP contribution in [0.4, 0.5) is 11.4 Å². The van der Waals surface area contributed by atoms with Crippen LogP contribution in [0.5, 0.6) is 0 Å². The highest BCUT2D eigenvalue weighted by molar-refractivity contribution is 5.59. The number of anilines is 2. The molecule has 0 spiro atoms. The van der Waals surface area contributed by atoms with E-state index in [9.17, 15) is 0 Å². The molecule has 0 amide bonds. The molecule has 22 heavy (non-hydrogen) atoms. The Morgan fingerprint density at radius 2 is 1.95 bits per heavy atom. The molecule has 0 bridgehead atoms. The molecule has 2 saturated heterocycles. The van der Waals surface area contributed by atoms with Crippen molar-refractivity contribution in [2.24, 2.45) is 5.11 Å². The van der Waals surface area contributed by atoms with Gasteiger partial charge in [0.15, 0.2) is 5.88 Å². The first-order chi connectivity index (χ1) is 10.8. The number of nitrogens with one attached hydrogen (secondary N) is 1. The van der Waals surface area contributed by atoms with Crippen LogP contribution in [0.25, 0.3) is 10.4 Å². The minimum atomic E-state index is -0.128. The smallest absolute Gasteiger partial charge is 0.186 e. The molecule has 2 heterocycles. The summed E-state index contributed by atoms with van der Waals surface area (Å²) in [6.07, 6.45) is -0.128. The van der Waals surface area contributed by atoms with Crippen LogP contribution in [0.2, 0.25) is 0 Å². The Hall–Kier alpha value is -2.37. The maximum atomic E-state index is 8.39. The van der Waals surface area contributed by atoms with Crippen molar-refractivity contribution < 1.29 is 4.74 Å². The SMILES string of the molecule is C=C1O[C@@H](CN=[N+]=[N-])CN1c1ccc(N2CCNCC2)cc1. The van der Waals surface area contributed by atoms with Crippen molar-refractivity contribution in [3.63, 3.8) is 0 Å². The van der Waals surface area contributed by atoms with E-state index in [0.29, 0.717) is 19.0 Å². The fourth-order valence-corrected chi connectivity index (χ4v) is 2.84. The normalized spacial score (nSPS) is 21.5. The van der Waals surface area contributed by atoms with Crippen molar-refractivity contribution >= 4 is 11.4 Å². The summed E-state index contributed by atoms with van der Waals surface area (Å²) in [7, 11) is 0. The lowest BCUT2D eigenvalue weighted by Crippen LogP contribution is -2.43. The molecular weight excluding hydrogens is 280 g/mol. The number of benzene rings is 1. The van der Waals surface area contributed by atoms with E-state index in [4.69, 9.17) is 10.3 Å².